The van der Waals surface area contributed by atoms with Crippen LogP contribution in [0.1, 0.15) is 17.5 Å². The molecule has 0 aliphatic heterocycles. The Balaban J connectivity index is 2.14. The lowest BCUT2D eigenvalue weighted by atomic mass is 10.1. The molecule has 118 valence electrons. The Hall–Kier alpha value is -2.34. The molecule has 0 saturated heterocycles. The molecule has 22 heavy (non-hydrogen) atoms. The van der Waals surface area contributed by atoms with E-state index in [2.05, 4.69) is 5.32 Å². The zero-order chi connectivity index (χ0) is 16.1. The van der Waals surface area contributed by atoms with Crippen molar-refractivity contribution < 1.29 is 19.1 Å². The summed E-state index contributed by atoms with van der Waals surface area (Å²) < 4.78 is 10.7. The molecule has 1 amide bonds. The summed E-state index contributed by atoms with van der Waals surface area (Å²) in [4.78, 5) is 23.1. The zero-order valence-electron chi connectivity index (χ0n) is 12.6. The highest BCUT2D eigenvalue weighted by atomic mass is 16.5. The van der Waals surface area contributed by atoms with Crippen molar-refractivity contribution in [1.29, 1.82) is 0 Å². The van der Waals surface area contributed by atoms with Gasteiger partial charge in [0.2, 0.25) is 0 Å². The van der Waals surface area contributed by atoms with Crippen LogP contribution in [-0.4, -0.2) is 30.8 Å². The fourth-order valence-electron chi connectivity index (χ4n) is 2.16. The number of carbonyl (C=O) groups is 1. The van der Waals surface area contributed by atoms with Crippen LogP contribution in [0.4, 0.5) is 0 Å². The van der Waals surface area contributed by atoms with Crippen molar-refractivity contribution in [3.8, 4) is 5.75 Å². The van der Waals surface area contributed by atoms with Crippen LogP contribution in [0.5, 0.6) is 5.75 Å². The Morgan fingerprint density at radius 3 is 2.86 bits per heavy atom. The highest BCUT2D eigenvalue weighted by Gasteiger charge is 2.11. The van der Waals surface area contributed by atoms with Gasteiger partial charge >= 0.3 is 5.63 Å². The molecule has 0 saturated carbocycles. The molecule has 0 radical (unpaired) electrons. The number of aliphatic hydroxyl groups excluding tert-OH is 1. The van der Waals surface area contributed by atoms with Gasteiger partial charge in [0.1, 0.15) is 11.3 Å². The molecular formula is C16H19NO5. The van der Waals surface area contributed by atoms with Crippen molar-refractivity contribution >= 4 is 16.9 Å². The van der Waals surface area contributed by atoms with Gasteiger partial charge < -0.3 is 19.6 Å². The quantitative estimate of drug-likeness (QED) is 0.620. The van der Waals surface area contributed by atoms with Crippen LogP contribution in [-0.2, 0) is 4.79 Å². The third-order valence-electron chi connectivity index (χ3n) is 3.33. The SMILES string of the molecule is Cc1cc(=O)oc2c(C)c(OCC(=O)NCCCO)ccc12. The van der Waals surface area contributed by atoms with E-state index in [1.54, 1.807) is 19.1 Å². The van der Waals surface area contributed by atoms with Crippen molar-refractivity contribution in [2.24, 2.45) is 0 Å². The molecule has 0 unspecified atom stereocenters. The minimum atomic E-state index is -0.410. The van der Waals surface area contributed by atoms with E-state index in [-0.39, 0.29) is 19.1 Å². The van der Waals surface area contributed by atoms with E-state index in [9.17, 15) is 9.59 Å². The molecule has 2 aromatic rings. The summed E-state index contributed by atoms with van der Waals surface area (Å²) in [6.07, 6.45) is 0.505. The second-order valence-electron chi connectivity index (χ2n) is 5.03. The number of amides is 1. The molecule has 0 atom stereocenters. The van der Waals surface area contributed by atoms with Crippen LogP contribution >= 0.6 is 0 Å². The molecule has 1 aromatic heterocycles. The maximum atomic E-state index is 11.6. The number of hydrogen-bond acceptors (Lipinski definition) is 5. The number of hydrogen-bond donors (Lipinski definition) is 2. The molecule has 2 N–H and O–H groups in total. The van der Waals surface area contributed by atoms with Gasteiger partial charge in [-0.3, -0.25) is 4.79 Å². The van der Waals surface area contributed by atoms with E-state index in [4.69, 9.17) is 14.3 Å². The van der Waals surface area contributed by atoms with Gasteiger partial charge in [0, 0.05) is 30.2 Å². The Morgan fingerprint density at radius 1 is 1.36 bits per heavy atom. The smallest absolute Gasteiger partial charge is 0.336 e. The van der Waals surface area contributed by atoms with Gasteiger partial charge in [-0.1, -0.05) is 0 Å². The van der Waals surface area contributed by atoms with Crippen LogP contribution in [0.3, 0.4) is 0 Å². The second kappa shape index (κ2) is 7.09. The van der Waals surface area contributed by atoms with Crippen molar-refractivity contribution in [2.45, 2.75) is 20.3 Å². The van der Waals surface area contributed by atoms with Gasteiger partial charge in [0.05, 0.1) is 0 Å². The number of benzene rings is 1. The summed E-state index contributed by atoms with van der Waals surface area (Å²) in [7, 11) is 0. The lowest BCUT2D eigenvalue weighted by Gasteiger charge is -2.11. The molecule has 0 bridgehead atoms. The molecule has 1 aromatic carbocycles. The van der Waals surface area contributed by atoms with Crippen LogP contribution in [0.25, 0.3) is 11.0 Å². The lowest BCUT2D eigenvalue weighted by Crippen LogP contribution is -2.30. The van der Waals surface area contributed by atoms with Crippen LogP contribution in [0.2, 0.25) is 0 Å². The van der Waals surface area contributed by atoms with Crippen molar-refractivity contribution in [2.75, 3.05) is 19.8 Å². The standard InChI is InChI=1S/C16H19NO5/c1-10-8-15(20)22-16-11(2)13(5-4-12(10)16)21-9-14(19)17-6-3-7-18/h4-5,8,18H,3,6-7,9H2,1-2H3,(H,17,19). The summed E-state index contributed by atoms with van der Waals surface area (Å²) in [6.45, 7) is 3.93. The van der Waals surface area contributed by atoms with Crippen molar-refractivity contribution in [3.05, 3.63) is 39.7 Å². The number of carbonyl (C=O) groups excluding carboxylic acids is 1. The maximum absolute atomic E-state index is 11.6. The first kappa shape index (κ1) is 16.0. The summed E-state index contributed by atoms with van der Waals surface area (Å²) in [5.41, 5.74) is 1.58. The highest BCUT2D eigenvalue weighted by molar-refractivity contribution is 5.85. The number of fused-ring (bicyclic) bond motifs is 1. The third-order valence-corrected chi connectivity index (χ3v) is 3.33. The lowest BCUT2D eigenvalue weighted by molar-refractivity contribution is -0.123. The Morgan fingerprint density at radius 2 is 2.14 bits per heavy atom. The van der Waals surface area contributed by atoms with Crippen LogP contribution in [0, 0.1) is 13.8 Å². The molecule has 6 heteroatoms. The van der Waals surface area contributed by atoms with Gasteiger partial charge in [-0.25, -0.2) is 4.79 Å². The molecule has 2 rings (SSSR count). The topological polar surface area (TPSA) is 88.8 Å². The third kappa shape index (κ3) is 3.65. The molecule has 0 spiro atoms. The van der Waals surface area contributed by atoms with E-state index in [1.807, 2.05) is 6.92 Å². The minimum Gasteiger partial charge on any atom is -0.483 e. The first-order valence-electron chi connectivity index (χ1n) is 7.07. The summed E-state index contributed by atoms with van der Waals surface area (Å²) in [5.74, 6) is 0.234. The molecule has 6 nitrogen and oxygen atoms in total. The largest absolute Gasteiger partial charge is 0.483 e. The highest BCUT2D eigenvalue weighted by Crippen LogP contribution is 2.27. The second-order valence-corrected chi connectivity index (χ2v) is 5.03. The zero-order valence-corrected chi connectivity index (χ0v) is 12.6. The van der Waals surface area contributed by atoms with Gasteiger partial charge in [0.15, 0.2) is 6.61 Å². The maximum Gasteiger partial charge on any atom is 0.336 e. The van der Waals surface area contributed by atoms with E-state index < -0.39 is 5.63 Å². The van der Waals surface area contributed by atoms with E-state index in [1.165, 1.54) is 6.07 Å². The van der Waals surface area contributed by atoms with Crippen LogP contribution < -0.4 is 15.7 Å². The fraction of sp³-hybridized carbons (Fsp3) is 0.375. The Kier molecular flexibility index (Phi) is 5.16. The molecular weight excluding hydrogens is 286 g/mol. The number of ether oxygens (including phenoxy) is 1. The number of nitrogens with one attached hydrogen (secondary N) is 1. The molecule has 1 heterocycles. The van der Waals surface area contributed by atoms with Crippen molar-refractivity contribution in [3.63, 3.8) is 0 Å². The van der Waals surface area contributed by atoms with Crippen LogP contribution in [0.15, 0.2) is 27.4 Å². The van der Waals surface area contributed by atoms with Gasteiger partial charge in [-0.15, -0.1) is 0 Å². The molecule has 0 fully saturated rings. The normalized spacial score (nSPS) is 10.7. The first-order chi connectivity index (χ1) is 10.5. The van der Waals surface area contributed by atoms with Gasteiger partial charge in [-0.2, -0.15) is 0 Å². The monoisotopic (exact) mass is 305 g/mol. The summed E-state index contributed by atoms with van der Waals surface area (Å²) in [5, 5.41) is 12.1. The van der Waals surface area contributed by atoms with Gasteiger partial charge in [-0.05, 0) is 38.0 Å². The Labute approximate surface area is 127 Å². The van der Waals surface area contributed by atoms with E-state index in [0.717, 1.165) is 10.9 Å². The molecule has 0 aliphatic rings. The predicted octanol–water partition coefficient (Wildman–Crippen LogP) is 1.29. The van der Waals surface area contributed by atoms with Gasteiger partial charge in [0.25, 0.3) is 5.91 Å². The average Bonchev–Trinajstić information content (AvgIpc) is 2.47. The van der Waals surface area contributed by atoms with E-state index >= 15 is 0 Å². The number of rotatable bonds is 6. The van der Waals surface area contributed by atoms with E-state index in [0.29, 0.717) is 29.9 Å². The minimum absolute atomic E-state index is 0.0311. The first-order valence-corrected chi connectivity index (χ1v) is 7.07. The number of aryl methyl sites for hydroxylation is 2. The fourth-order valence-corrected chi connectivity index (χ4v) is 2.16. The average molecular weight is 305 g/mol. The summed E-state index contributed by atoms with van der Waals surface area (Å²) >= 11 is 0. The molecule has 0 aliphatic carbocycles. The number of aliphatic hydroxyl groups is 1. The summed E-state index contributed by atoms with van der Waals surface area (Å²) in [6, 6.07) is 5.00. The van der Waals surface area contributed by atoms with Crippen molar-refractivity contribution in [1.82, 2.24) is 5.32 Å². The predicted molar refractivity (Wildman–Crippen MR) is 82.2 cm³/mol. The Bertz CT molecular complexity index is 735.